The molecule has 62 heavy (non-hydrogen) atoms. The van der Waals surface area contributed by atoms with E-state index in [9.17, 15) is 0 Å². The Kier molecular flexibility index (Phi) is 9.48. The van der Waals surface area contributed by atoms with Crippen LogP contribution < -0.4 is 4.90 Å². The maximum atomic E-state index is 2.47. The van der Waals surface area contributed by atoms with Crippen molar-refractivity contribution < 1.29 is 0 Å². The summed E-state index contributed by atoms with van der Waals surface area (Å²) in [5.41, 5.74) is 19.8. The van der Waals surface area contributed by atoms with Crippen molar-refractivity contribution in [2.24, 2.45) is 0 Å². The van der Waals surface area contributed by atoms with Crippen LogP contribution in [0.15, 0.2) is 261 Å². The molecule has 292 valence electrons. The lowest BCUT2D eigenvalue weighted by atomic mass is 9.67. The van der Waals surface area contributed by atoms with Gasteiger partial charge in [0, 0.05) is 16.9 Å². The van der Waals surface area contributed by atoms with Crippen LogP contribution in [0.25, 0.3) is 55.6 Å². The lowest BCUT2D eigenvalue weighted by Gasteiger charge is -2.35. The van der Waals surface area contributed by atoms with Crippen molar-refractivity contribution in [3.05, 3.63) is 283 Å². The fraction of sp³-hybridized carbons (Fsp3) is 0.0164. The first-order valence-electron chi connectivity index (χ1n) is 21.4. The second kappa shape index (κ2) is 15.9. The van der Waals surface area contributed by atoms with Gasteiger partial charge in [-0.25, -0.2) is 0 Å². The van der Waals surface area contributed by atoms with Crippen LogP contribution in [0, 0.1) is 0 Å². The highest BCUT2D eigenvalue weighted by molar-refractivity contribution is 5.95. The molecule has 0 fully saturated rings. The number of hydrogen-bond acceptors (Lipinski definition) is 1. The highest BCUT2D eigenvalue weighted by Crippen LogP contribution is 2.57. The summed E-state index contributed by atoms with van der Waals surface area (Å²) in [6.07, 6.45) is 0. The molecule has 0 heterocycles. The molecule has 0 spiro atoms. The molecule has 1 aliphatic rings. The average molecular weight is 790 g/mol. The van der Waals surface area contributed by atoms with Crippen LogP contribution in [0.5, 0.6) is 0 Å². The van der Waals surface area contributed by atoms with E-state index in [2.05, 4.69) is 266 Å². The molecule has 0 amide bonds. The first-order valence-corrected chi connectivity index (χ1v) is 21.4. The van der Waals surface area contributed by atoms with E-state index in [0.717, 1.165) is 28.2 Å². The van der Waals surface area contributed by atoms with Gasteiger partial charge in [0.15, 0.2) is 0 Å². The first kappa shape index (κ1) is 37.0. The summed E-state index contributed by atoms with van der Waals surface area (Å²) < 4.78 is 0. The van der Waals surface area contributed by atoms with Gasteiger partial charge in [0.05, 0.1) is 11.1 Å². The molecule has 0 radical (unpaired) electrons. The molecule has 0 atom stereocenters. The second-order valence-electron chi connectivity index (χ2n) is 16.0. The number of hydrogen-bond donors (Lipinski definition) is 0. The van der Waals surface area contributed by atoms with Crippen molar-refractivity contribution in [3.63, 3.8) is 0 Å². The van der Waals surface area contributed by atoms with E-state index in [0.29, 0.717) is 0 Å². The molecule has 1 aliphatic carbocycles. The zero-order valence-electron chi connectivity index (χ0n) is 34.3. The molecule has 0 saturated heterocycles. The highest BCUT2D eigenvalue weighted by atomic mass is 15.1. The predicted molar refractivity (Wildman–Crippen MR) is 260 cm³/mol. The zero-order chi connectivity index (χ0) is 41.3. The third-order valence-corrected chi connectivity index (χ3v) is 12.6. The molecule has 1 heteroatoms. The van der Waals surface area contributed by atoms with Gasteiger partial charge in [-0.15, -0.1) is 0 Å². The molecule has 0 saturated carbocycles. The van der Waals surface area contributed by atoms with Gasteiger partial charge in [-0.05, 0) is 109 Å². The maximum absolute atomic E-state index is 2.47. The molecule has 10 aromatic carbocycles. The van der Waals surface area contributed by atoms with Crippen molar-refractivity contribution in [1.29, 1.82) is 0 Å². The largest absolute Gasteiger partial charge is 0.310 e. The Bertz CT molecular complexity index is 3100. The Morgan fingerprint density at radius 2 is 0.661 bits per heavy atom. The lowest BCUT2D eigenvalue weighted by Crippen LogP contribution is -2.28. The van der Waals surface area contributed by atoms with Crippen molar-refractivity contribution >= 4 is 17.1 Å². The number of anilines is 3. The van der Waals surface area contributed by atoms with Gasteiger partial charge < -0.3 is 4.90 Å². The Hall–Kier alpha value is -8.00. The minimum Gasteiger partial charge on any atom is -0.310 e. The molecule has 0 aromatic heterocycles. The monoisotopic (exact) mass is 789 g/mol. The first-order chi connectivity index (χ1) is 30.8. The van der Waals surface area contributed by atoms with Gasteiger partial charge in [-0.1, -0.05) is 224 Å². The predicted octanol–water partition coefficient (Wildman–Crippen LogP) is 16.2. The summed E-state index contributed by atoms with van der Waals surface area (Å²) in [5.74, 6) is 0. The third kappa shape index (κ3) is 6.35. The van der Waals surface area contributed by atoms with Gasteiger partial charge in [-0.3, -0.25) is 0 Å². The molecular weight excluding hydrogens is 747 g/mol. The fourth-order valence-electron chi connectivity index (χ4n) is 9.78. The van der Waals surface area contributed by atoms with Gasteiger partial charge in [0.1, 0.15) is 0 Å². The fourth-order valence-corrected chi connectivity index (χ4v) is 9.78. The molecule has 0 unspecified atom stereocenters. The maximum Gasteiger partial charge on any atom is 0.0714 e. The summed E-state index contributed by atoms with van der Waals surface area (Å²) >= 11 is 0. The van der Waals surface area contributed by atoms with Gasteiger partial charge in [-0.2, -0.15) is 0 Å². The number of nitrogens with zero attached hydrogens (tertiary/aromatic N) is 1. The number of rotatable bonds is 9. The summed E-state index contributed by atoms with van der Waals surface area (Å²) in [4.78, 5) is 2.47. The van der Waals surface area contributed by atoms with E-state index in [1.54, 1.807) is 0 Å². The molecule has 11 rings (SSSR count). The van der Waals surface area contributed by atoms with Crippen LogP contribution in [0.3, 0.4) is 0 Å². The van der Waals surface area contributed by atoms with Gasteiger partial charge in [0.2, 0.25) is 0 Å². The topological polar surface area (TPSA) is 3.24 Å². The highest BCUT2D eigenvalue weighted by Gasteiger charge is 2.46. The van der Waals surface area contributed by atoms with Crippen LogP contribution in [-0.4, -0.2) is 0 Å². The van der Waals surface area contributed by atoms with Crippen molar-refractivity contribution in [2.75, 3.05) is 4.90 Å². The average Bonchev–Trinajstić information content (AvgIpc) is 3.66. The van der Waals surface area contributed by atoms with Crippen LogP contribution in [-0.2, 0) is 5.41 Å². The Balaban J connectivity index is 1.17. The van der Waals surface area contributed by atoms with Crippen LogP contribution in [0.4, 0.5) is 17.1 Å². The van der Waals surface area contributed by atoms with E-state index in [-0.39, 0.29) is 0 Å². The lowest BCUT2D eigenvalue weighted by molar-refractivity contribution is 0.768. The van der Waals surface area contributed by atoms with Crippen LogP contribution in [0.1, 0.15) is 22.3 Å². The smallest absolute Gasteiger partial charge is 0.0714 e. The number of fused-ring (bicyclic) bond motifs is 3. The molecule has 0 aliphatic heterocycles. The Morgan fingerprint density at radius 1 is 0.242 bits per heavy atom. The third-order valence-electron chi connectivity index (χ3n) is 12.6. The molecule has 0 bridgehead atoms. The van der Waals surface area contributed by atoms with Gasteiger partial charge >= 0.3 is 0 Å². The van der Waals surface area contributed by atoms with Crippen molar-refractivity contribution in [3.8, 4) is 55.6 Å². The van der Waals surface area contributed by atoms with E-state index in [4.69, 9.17) is 0 Å². The Labute approximate surface area is 364 Å². The number of benzene rings is 10. The SMILES string of the molecule is c1ccc(-c2ccc(N(c3ccc4c(c3)C(c3ccccc3)(c3ccccc3)c3ccccc3-4)c3ccc(-c4ccccc4-c4ccccc4)cc3-c3ccccc3)cc2)cc1. The standard InChI is InChI=1S/C61H43N/c1-6-20-44(21-7-1)45-34-37-51(38-35-45)62(60-41-36-48(42-57(60)47-24-10-3-11-25-47)54-31-17-16-30-53(54)46-22-8-2-9-23-46)52-39-40-56-55-32-18-19-33-58(55)61(59(56)43-52,49-26-12-4-13-27-49)50-28-14-5-15-29-50/h1-43H. The zero-order valence-corrected chi connectivity index (χ0v) is 34.3. The molecular formula is C61H43N. The van der Waals surface area contributed by atoms with Gasteiger partial charge in [0.25, 0.3) is 0 Å². The van der Waals surface area contributed by atoms with Crippen molar-refractivity contribution in [2.45, 2.75) is 5.41 Å². The minimum atomic E-state index is -0.527. The van der Waals surface area contributed by atoms with E-state index < -0.39 is 5.41 Å². The minimum absolute atomic E-state index is 0.527. The summed E-state index contributed by atoms with van der Waals surface area (Å²) in [6.45, 7) is 0. The summed E-state index contributed by atoms with van der Waals surface area (Å²) in [6, 6.07) is 95.3. The second-order valence-corrected chi connectivity index (χ2v) is 16.0. The summed E-state index contributed by atoms with van der Waals surface area (Å²) in [7, 11) is 0. The van der Waals surface area contributed by atoms with E-state index in [1.165, 1.54) is 66.8 Å². The van der Waals surface area contributed by atoms with Crippen molar-refractivity contribution in [1.82, 2.24) is 0 Å². The molecule has 1 nitrogen and oxygen atoms in total. The molecule has 0 N–H and O–H groups in total. The van der Waals surface area contributed by atoms with E-state index >= 15 is 0 Å². The van der Waals surface area contributed by atoms with E-state index in [1.807, 2.05) is 0 Å². The summed E-state index contributed by atoms with van der Waals surface area (Å²) in [5, 5.41) is 0. The van der Waals surface area contributed by atoms with Crippen LogP contribution >= 0.6 is 0 Å². The quantitative estimate of drug-likeness (QED) is 0.141. The van der Waals surface area contributed by atoms with Crippen LogP contribution in [0.2, 0.25) is 0 Å². The Morgan fingerprint density at radius 3 is 1.26 bits per heavy atom. The normalized spacial score (nSPS) is 12.3. The molecule has 10 aromatic rings.